The minimum Gasteiger partial charge on any atom is -0.396 e. The third kappa shape index (κ3) is 2.88. The quantitative estimate of drug-likeness (QED) is 0.814. The van der Waals surface area contributed by atoms with Gasteiger partial charge in [-0.15, -0.1) is 0 Å². The Morgan fingerprint density at radius 3 is 2.88 bits per heavy atom. The zero-order valence-electron chi connectivity index (χ0n) is 10.5. The second-order valence-corrected chi connectivity index (χ2v) is 5.00. The number of rotatable bonds is 3. The topological polar surface area (TPSA) is 32.5 Å². The maximum atomic E-state index is 13.4. The van der Waals surface area contributed by atoms with E-state index in [2.05, 4.69) is 16.8 Å². The van der Waals surface area contributed by atoms with Gasteiger partial charge in [-0.25, -0.2) is 4.39 Å². The molecule has 17 heavy (non-hydrogen) atoms. The summed E-state index contributed by atoms with van der Waals surface area (Å²) >= 11 is 0. The van der Waals surface area contributed by atoms with E-state index in [1.54, 1.807) is 6.07 Å². The summed E-state index contributed by atoms with van der Waals surface area (Å²) < 4.78 is 13.4. The lowest BCUT2D eigenvalue weighted by molar-refractivity contribution is 0.396. The highest BCUT2D eigenvalue weighted by Gasteiger charge is 2.21. The first kappa shape index (κ1) is 12.2. The predicted octanol–water partition coefficient (Wildman–Crippen LogP) is 1.80. The van der Waals surface area contributed by atoms with Crippen LogP contribution in [0.4, 0.5) is 15.8 Å². The van der Waals surface area contributed by atoms with E-state index >= 15 is 0 Å². The van der Waals surface area contributed by atoms with Crippen LogP contribution >= 0.6 is 0 Å². The molecule has 1 aromatic carbocycles. The van der Waals surface area contributed by atoms with E-state index in [0.717, 1.165) is 25.3 Å². The molecule has 1 fully saturated rings. The lowest BCUT2D eigenvalue weighted by atomic mass is 10.1. The van der Waals surface area contributed by atoms with Crippen molar-refractivity contribution in [2.45, 2.75) is 6.42 Å². The highest BCUT2D eigenvalue weighted by atomic mass is 19.1. The van der Waals surface area contributed by atoms with Crippen LogP contribution in [0.25, 0.3) is 0 Å². The molecule has 0 bridgehead atoms. The molecule has 0 aliphatic carbocycles. The molecule has 94 valence electrons. The highest BCUT2D eigenvalue weighted by Crippen LogP contribution is 2.22. The minimum atomic E-state index is -0.335. The predicted molar refractivity (Wildman–Crippen MR) is 69.7 cm³/mol. The first-order chi connectivity index (χ1) is 8.06. The largest absolute Gasteiger partial charge is 0.396 e. The fourth-order valence-electron chi connectivity index (χ4n) is 2.42. The van der Waals surface area contributed by atoms with Crippen molar-refractivity contribution in [1.82, 2.24) is 4.90 Å². The zero-order chi connectivity index (χ0) is 12.4. The summed E-state index contributed by atoms with van der Waals surface area (Å²) in [5.74, 6) is 0.337. The average Bonchev–Trinajstić information content (AvgIpc) is 2.68. The number of anilines is 2. The van der Waals surface area contributed by atoms with Gasteiger partial charge in [0.25, 0.3) is 0 Å². The Labute approximate surface area is 102 Å². The van der Waals surface area contributed by atoms with Gasteiger partial charge in [0, 0.05) is 25.8 Å². The molecule has 0 saturated carbocycles. The van der Waals surface area contributed by atoms with E-state index in [0.29, 0.717) is 5.92 Å². The molecule has 1 unspecified atom stereocenters. The summed E-state index contributed by atoms with van der Waals surface area (Å²) in [5, 5.41) is 0. The molecule has 2 N–H and O–H groups in total. The smallest absolute Gasteiger partial charge is 0.148 e. The lowest BCUT2D eigenvalue weighted by Crippen LogP contribution is -2.27. The van der Waals surface area contributed by atoms with Gasteiger partial charge in [-0.1, -0.05) is 0 Å². The van der Waals surface area contributed by atoms with E-state index < -0.39 is 0 Å². The van der Waals surface area contributed by atoms with E-state index in [9.17, 15) is 4.39 Å². The van der Waals surface area contributed by atoms with Crippen molar-refractivity contribution < 1.29 is 4.39 Å². The Morgan fingerprint density at radius 1 is 1.53 bits per heavy atom. The Morgan fingerprint density at radius 2 is 2.29 bits per heavy atom. The van der Waals surface area contributed by atoms with Crippen molar-refractivity contribution in [3.63, 3.8) is 0 Å². The summed E-state index contributed by atoms with van der Waals surface area (Å²) in [7, 11) is 4.15. The van der Waals surface area contributed by atoms with Gasteiger partial charge in [0.05, 0.1) is 5.69 Å². The van der Waals surface area contributed by atoms with Gasteiger partial charge in [0.15, 0.2) is 0 Å². The van der Waals surface area contributed by atoms with Gasteiger partial charge in [-0.05, 0) is 44.1 Å². The first-order valence-electron chi connectivity index (χ1n) is 6.01. The Hall–Kier alpha value is -1.29. The molecule has 0 aromatic heterocycles. The fourth-order valence-corrected chi connectivity index (χ4v) is 2.42. The summed E-state index contributed by atoms with van der Waals surface area (Å²) in [6.45, 7) is 3.25. The Balaban J connectivity index is 1.99. The molecule has 0 radical (unpaired) electrons. The van der Waals surface area contributed by atoms with Crippen LogP contribution in [0, 0.1) is 11.7 Å². The molecule has 1 aliphatic heterocycles. The van der Waals surface area contributed by atoms with Gasteiger partial charge in [0.2, 0.25) is 0 Å². The van der Waals surface area contributed by atoms with Crippen molar-refractivity contribution in [2.24, 2.45) is 5.92 Å². The van der Waals surface area contributed by atoms with Crippen molar-refractivity contribution in [3.05, 3.63) is 24.0 Å². The maximum Gasteiger partial charge on any atom is 0.148 e. The molecule has 1 saturated heterocycles. The van der Waals surface area contributed by atoms with Crippen molar-refractivity contribution >= 4 is 11.4 Å². The molecule has 1 atom stereocenters. The third-order valence-electron chi connectivity index (χ3n) is 3.45. The second kappa shape index (κ2) is 4.92. The minimum absolute atomic E-state index is 0.211. The lowest BCUT2D eigenvalue weighted by Gasteiger charge is -2.23. The number of nitrogen functional groups attached to an aromatic ring is 1. The number of likely N-dealkylation sites (tertiary alicyclic amines) is 1. The number of halogens is 1. The first-order valence-corrected chi connectivity index (χ1v) is 6.01. The van der Waals surface area contributed by atoms with Gasteiger partial charge in [0.1, 0.15) is 5.82 Å². The highest BCUT2D eigenvalue weighted by molar-refractivity contribution is 5.53. The maximum absolute atomic E-state index is 13.4. The van der Waals surface area contributed by atoms with Crippen LogP contribution in [0.15, 0.2) is 18.2 Å². The Kier molecular flexibility index (Phi) is 3.52. The van der Waals surface area contributed by atoms with E-state index in [-0.39, 0.29) is 11.5 Å². The van der Waals surface area contributed by atoms with Crippen LogP contribution in [0.3, 0.4) is 0 Å². The number of hydrogen-bond donors (Lipinski definition) is 1. The molecular weight excluding hydrogens is 217 g/mol. The van der Waals surface area contributed by atoms with Crippen LogP contribution in [0.1, 0.15) is 6.42 Å². The van der Waals surface area contributed by atoms with Crippen molar-refractivity contribution in [1.29, 1.82) is 0 Å². The normalized spacial score (nSPS) is 20.8. The molecule has 0 amide bonds. The number of nitrogens with zero attached hydrogens (tertiary/aromatic N) is 2. The SMILES string of the molecule is CN1CCC(CN(C)c2ccc(N)c(F)c2)C1. The Bertz CT molecular complexity index is 394. The van der Waals surface area contributed by atoms with Crippen LogP contribution in [0.5, 0.6) is 0 Å². The second-order valence-electron chi connectivity index (χ2n) is 5.00. The molecule has 0 spiro atoms. The molecule has 2 rings (SSSR count). The number of benzene rings is 1. The molecule has 1 aliphatic rings. The molecular formula is C13H20FN3. The summed E-state index contributed by atoms with van der Waals surface area (Å²) in [6, 6.07) is 5.01. The van der Waals surface area contributed by atoms with Gasteiger partial charge < -0.3 is 15.5 Å². The zero-order valence-corrected chi connectivity index (χ0v) is 10.5. The molecule has 3 nitrogen and oxygen atoms in total. The van der Waals surface area contributed by atoms with Crippen LogP contribution in [-0.2, 0) is 0 Å². The summed E-state index contributed by atoms with van der Waals surface area (Å²) in [5.41, 5.74) is 6.58. The monoisotopic (exact) mass is 237 g/mol. The third-order valence-corrected chi connectivity index (χ3v) is 3.45. The standard InChI is InChI=1S/C13H20FN3/c1-16-6-5-10(8-16)9-17(2)11-3-4-13(15)12(14)7-11/h3-4,7,10H,5-6,8-9,15H2,1-2H3. The van der Waals surface area contributed by atoms with Gasteiger partial charge in [-0.2, -0.15) is 0 Å². The van der Waals surface area contributed by atoms with Gasteiger partial charge >= 0.3 is 0 Å². The number of hydrogen-bond acceptors (Lipinski definition) is 3. The van der Waals surface area contributed by atoms with Crippen LogP contribution < -0.4 is 10.6 Å². The summed E-state index contributed by atoms with van der Waals surface area (Å²) in [6.07, 6.45) is 1.22. The number of nitrogens with two attached hydrogens (primary N) is 1. The van der Waals surface area contributed by atoms with Gasteiger partial charge in [-0.3, -0.25) is 0 Å². The van der Waals surface area contributed by atoms with E-state index in [1.165, 1.54) is 12.5 Å². The van der Waals surface area contributed by atoms with Crippen LogP contribution in [-0.4, -0.2) is 38.6 Å². The summed E-state index contributed by atoms with van der Waals surface area (Å²) in [4.78, 5) is 4.44. The van der Waals surface area contributed by atoms with Crippen molar-refractivity contribution in [3.8, 4) is 0 Å². The molecule has 1 aromatic rings. The van der Waals surface area contributed by atoms with Crippen molar-refractivity contribution in [2.75, 3.05) is 44.4 Å². The molecule has 1 heterocycles. The fraction of sp³-hybridized carbons (Fsp3) is 0.538. The molecule has 4 heteroatoms. The van der Waals surface area contributed by atoms with E-state index in [4.69, 9.17) is 5.73 Å². The van der Waals surface area contributed by atoms with Crippen LogP contribution in [0.2, 0.25) is 0 Å². The average molecular weight is 237 g/mol. The van der Waals surface area contributed by atoms with E-state index in [1.807, 2.05) is 13.1 Å².